The van der Waals surface area contributed by atoms with E-state index in [2.05, 4.69) is 0 Å². The first-order chi connectivity index (χ1) is 4.61. The third kappa shape index (κ3) is 0.598. The fourth-order valence-corrected chi connectivity index (χ4v) is 2.04. The molecule has 0 aromatic heterocycles. The number of phosphoric ester groups is 1. The van der Waals surface area contributed by atoms with Crippen molar-refractivity contribution in [2.45, 2.75) is 13.8 Å². The smallest absolute Gasteiger partial charge is 0.382 e. The summed E-state index contributed by atoms with van der Waals surface area (Å²) in [7, 11) is -3.08. The molecule has 5 heteroatoms. The summed E-state index contributed by atoms with van der Waals surface area (Å²) in [6.45, 7) is 3.84. The number of allylic oxidation sites excluding steroid dienone is 1. The highest BCUT2D eigenvalue weighted by atomic mass is 31.2. The first-order valence-electron chi connectivity index (χ1n) is 3.04. The summed E-state index contributed by atoms with van der Waals surface area (Å²) < 4.78 is 25.2. The number of hydrogen-bond donors (Lipinski definition) is 0. The highest BCUT2D eigenvalue weighted by Crippen LogP contribution is 2.71. The lowest BCUT2D eigenvalue weighted by molar-refractivity contribution is 0.0985. The van der Waals surface area contributed by atoms with E-state index >= 15 is 0 Å². The highest BCUT2D eigenvalue weighted by molar-refractivity contribution is 7.50. The molecule has 4 nitrogen and oxygen atoms in total. The lowest BCUT2D eigenvalue weighted by atomic mass is 10.2. The first-order valence-corrected chi connectivity index (χ1v) is 4.50. The van der Waals surface area contributed by atoms with Crippen LogP contribution in [-0.4, -0.2) is 0 Å². The van der Waals surface area contributed by atoms with Gasteiger partial charge in [0.05, 0.1) is 0 Å². The topological polar surface area (TPSA) is 44.8 Å². The van der Waals surface area contributed by atoms with E-state index in [1.165, 1.54) is 0 Å². The normalized spacial score (nSPS) is 25.1. The van der Waals surface area contributed by atoms with Gasteiger partial charge in [0.1, 0.15) is 0 Å². The molecule has 0 atom stereocenters. The van der Waals surface area contributed by atoms with E-state index in [-0.39, 0.29) is 5.92 Å². The summed E-state index contributed by atoms with van der Waals surface area (Å²) in [5.41, 5.74) is 0. The van der Waals surface area contributed by atoms with Crippen molar-refractivity contribution in [1.29, 1.82) is 0 Å². The zero-order valence-corrected chi connectivity index (χ0v) is 6.55. The molecule has 0 aromatic carbocycles. The van der Waals surface area contributed by atoms with Crippen LogP contribution in [0.5, 0.6) is 0 Å². The number of rotatable bonds is 1. The average molecular weight is 162 g/mol. The van der Waals surface area contributed by atoms with Crippen LogP contribution in [0.1, 0.15) is 13.8 Å². The highest BCUT2D eigenvalue weighted by Gasteiger charge is 2.56. The third-order valence-corrected chi connectivity index (χ3v) is 2.52. The molecule has 1 fully saturated rings. The second-order valence-corrected chi connectivity index (χ2v) is 3.97. The summed E-state index contributed by atoms with van der Waals surface area (Å²) in [6, 6.07) is 0. The second kappa shape index (κ2) is 1.51. The molecular weight excluding hydrogens is 155 g/mol. The molecule has 0 aromatic rings. The van der Waals surface area contributed by atoms with Gasteiger partial charge < -0.3 is 13.6 Å². The molecule has 0 N–H and O–H groups in total. The van der Waals surface area contributed by atoms with E-state index in [1.807, 2.05) is 13.8 Å². The van der Waals surface area contributed by atoms with Crippen LogP contribution in [0.15, 0.2) is 11.7 Å². The van der Waals surface area contributed by atoms with Gasteiger partial charge in [-0.3, -0.25) is 0 Å². The van der Waals surface area contributed by atoms with Gasteiger partial charge in [0.15, 0.2) is 5.76 Å². The van der Waals surface area contributed by atoms with E-state index in [9.17, 15) is 4.57 Å². The molecule has 3 aliphatic rings. The summed E-state index contributed by atoms with van der Waals surface area (Å²) in [5, 5.41) is 0. The van der Waals surface area contributed by atoms with Gasteiger partial charge >= 0.3 is 13.8 Å². The van der Waals surface area contributed by atoms with Crippen molar-refractivity contribution < 1.29 is 18.1 Å². The van der Waals surface area contributed by atoms with Crippen LogP contribution in [-0.2, 0) is 18.1 Å². The standard InChI is InChI=1S/C5H7O4P/c1-3(2)4-5-8-10(6,7-4)9-5/h3H,1-2H3. The molecule has 2 bridgehead atoms. The van der Waals surface area contributed by atoms with Crippen LogP contribution >= 0.6 is 7.82 Å². The molecule has 3 heterocycles. The Kier molecular flexibility index (Phi) is 0.920. The van der Waals surface area contributed by atoms with Gasteiger partial charge in [0.25, 0.3) is 0 Å². The summed E-state index contributed by atoms with van der Waals surface area (Å²) in [4.78, 5) is 0. The monoisotopic (exact) mass is 162 g/mol. The van der Waals surface area contributed by atoms with Crippen molar-refractivity contribution in [3.05, 3.63) is 11.7 Å². The van der Waals surface area contributed by atoms with E-state index in [0.717, 1.165) is 0 Å². The molecule has 3 aliphatic heterocycles. The van der Waals surface area contributed by atoms with Crippen LogP contribution < -0.4 is 0 Å². The molecule has 0 radical (unpaired) electrons. The lowest BCUT2D eigenvalue weighted by Crippen LogP contribution is -2.00. The van der Waals surface area contributed by atoms with Crippen LogP contribution in [0.3, 0.4) is 0 Å². The molecule has 0 spiro atoms. The van der Waals surface area contributed by atoms with Crippen LogP contribution in [0.2, 0.25) is 0 Å². The molecule has 1 saturated heterocycles. The lowest BCUT2D eigenvalue weighted by Gasteiger charge is -2.15. The second-order valence-electron chi connectivity index (χ2n) is 2.53. The maximum atomic E-state index is 10.9. The van der Waals surface area contributed by atoms with Crippen molar-refractivity contribution in [1.82, 2.24) is 0 Å². The van der Waals surface area contributed by atoms with Crippen molar-refractivity contribution in [3.8, 4) is 0 Å². The van der Waals surface area contributed by atoms with Crippen molar-refractivity contribution >= 4 is 7.82 Å². The SMILES string of the molecule is CC(C)C1=C2OP(=O)(O2)O1. The quantitative estimate of drug-likeness (QED) is 0.553. The molecular formula is C5H7O4P. The van der Waals surface area contributed by atoms with Gasteiger partial charge in [-0.2, -0.15) is 4.57 Å². The molecule has 10 heavy (non-hydrogen) atoms. The van der Waals surface area contributed by atoms with Gasteiger partial charge in [-0.05, 0) is 0 Å². The van der Waals surface area contributed by atoms with E-state index in [0.29, 0.717) is 11.7 Å². The molecule has 0 unspecified atom stereocenters. The van der Waals surface area contributed by atoms with E-state index in [4.69, 9.17) is 13.6 Å². The fraction of sp³-hybridized carbons (Fsp3) is 0.600. The Morgan fingerprint density at radius 1 is 1.30 bits per heavy atom. The van der Waals surface area contributed by atoms with E-state index < -0.39 is 7.82 Å². The van der Waals surface area contributed by atoms with E-state index in [1.54, 1.807) is 0 Å². The minimum absolute atomic E-state index is 0.174. The first kappa shape index (κ1) is 6.10. The summed E-state index contributed by atoms with van der Waals surface area (Å²) in [5.74, 6) is 1.05. The van der Waals surface area contributed by atoms with Crippen molar-refractivity contribution in [2.75, 3.05) is 0 Å². The Balaban J connectivity index is 2.28. The number of hydrogen-bond acceptors (Lipinski definition) is 4. The zero-order chi connectivity index (χ0) is 7.35. The predicted molar refractivity (Wildman–Crippen MR) is 32.7 cm³/mol. The van der Waals surface area contributed by atoms with Gasteiger partial charge in [-0.15, -0.1) is 0 Å². The molecule has 56 valence electrons. The molecule has 0 amide bonds. The Morgan fingerprint density at radius 3 is 2.10 bits per heavy atom. The maximum absolute atomic E-state index is 10.9. The number of phosphoric acid groups is 1. The average Bonchev–Trinajstić information content (AvgIpc) is 2.17. The summed E-state index contributed by atoms with van der Waals surface area (Å²) in [6.07, 6.45) is 0. The fourth-order valence-electron chi connectivity index (χ4n) is 0.836. The van der Waals surface area contributed by atoms with Crippen LogP contribution in [0.25, 0.3) is 0 Å². The Hall–Kier alpha value is -0.630. The number of fused-ring (bicyclic) bond motifs is 1. The van der Waals surface area contributed by atoms with Gasteiger partial charge in [0.2, 0.25) is 0 Å². The van der Waals surface area contributed by atoms with Gasteiger partial charge in [-0.25, -0.2) is 0 Å². The molecule has 3 rings (SSSR count). The van der Waals surface area contributed by atoms with Gasteiger partial charge in [0, 0.05) is 5.92 Å². The van der Waals surface area contributed by atoms with Gasteiger partial charge in [-0.1, -0.05) is 13.8 Å². The molecule has 0 saturated carbocycles. The Labute approximate surface area is 58.4 Å². The van der Waals surface area contributed by atoms with Crippen molar-refractivity contribution in [2.24, 2.45) is 5.92 Å². The van der Waals surface area contributed by atoms with Crippen LogP contribution in [0.4, 0.5) is 0 Å². The van der Waals surface area contributed by atoms with Crippen molar-refractivity contribution in [3.63, 3.8) is 0 Å². The maximum Gasteiger partial charge on any atom is 0.651 e. The summed E-state index contributed by atoms with van der Waals surface area (Å²) >= 11 is 0. The van der Waals surface area contributed by atoms with Crippen LogP contribution in [0, 0.1) is 5.92 Å². The Morgan fingerprint density at radius 2 is 1.90 bits per heavy atom. The third-order valence-electron chi connectivity index (χ3n) is 1.33. The minimum atomic E-state index is -3.08. The minimum Gasteiger partial charge on any atom is -0.382 e. The molecule has 0 aliphatic carbocycles. The predicted octanol–water partition coefficient (Wildman–Crippen LogP) is 2.00. The largest absolute Gasteiger partial charge is 0.651 e. The zero-order valence-electron chi connectivity index (χ0n) is 5.66. The Bertz CT molecular complexity index is 242.